The summed E-state index contributed by atoms with van der Waals surface area (Å²) in [6.07, 6.45) is 1.08. The van der Waals surface area contributed by atoms with Crippen molar-refractivity contribution in [1.29, 1.82) is 0 Å². The molecule has 0 spiro atoms. The lowest BCUT2D eigenvalue weighted by atomic mass is 9.97. The molecule has 0 saturated carbocycles. The van der Waals surface area contributed by atoms with E-state index in [1.165, 1.54) is 21.2 Å². The quantitative estimate of drug-likeness (QED) is 0.862. The van der Waals surface area contributed by atoms with E-state index in [1.54, 1.807) is 6.07 Å². The number of amides is 1. The number of hydrogen-bond donors (Lipinski definition) is 1. The number of piperidine rings is 1. The van der Waals surface area contributed by atoms with Crippen LogP contribution in [0.2, 0.25) is 0 Å². The molecule has 0 radical (unpaired) electrons. The highest BCUT2D eigenvalue weighted by atomic mass is 32.2. The van der Waals surface area contributed by atoms with Crippen LogP contribution in [0.1, 0.15) is 28.8 Å². The maximum atomic E-state index is 12.7. The second-order valence-electron chi connectivity index (χ2n) is 6.83. The van der Waals surface area contributed by atoms with Gasteiger partial charge < -0.3 is 5.32 Å². The van der Waals surface area contributed by atoms with Gasteiger partial charge in [0.25, 0.3) is 10.0 Å². The van der Waals surface area contributed by atoms with Crippen LogP contribution in [0, 0.1) is 26.7 Å². The number of sulfonamides is 1. The number of carbonyl (C=O) groups excluding carboxylic acids is 1. The monoisotopic (exact) mass is 392 g/mol. The van der Waals surface area contributed by atoms with Crippen molar-refractivity contribution < 1.29 is 13.2 Å². The SMILES string of the molecule is Cc1ccc(S(=O)(=O)N2CCC(C(=O)Nc3ccc(C)c(C)c3)CC2)s1. The minimum absolute atomic E-state index is 0.0303. The zero-order chi connectivity index (χ0) is 18.9. The zero-order valence-corrected chi connectivity index (χ0v) is 16.9. The number of hydrogen-bond acceptors (Lipinski definition) is 4. The Morgan fingerprint density at radius 3 is 2.35 bits per heavy atom. The predicted octanol–water partition coefficient (Wildman–Crippen LogP) is 3.71. The maximum absolute atomic E-state index is 12.7. The van der Waals surface area contributed by atoms with Crippen LogP contribution in [0.25, 0.3) is 0 Å². The fraction of sp³-hybridized carbons (Fsp3) is 0.421. The standard InChI is InChI=1S/C19H24N2O3S2/c1-13-4-6-17(12-14(13)2)20-19(22)16-8-10-21(11-9-16)26(23,24)18-7-5-15(3)25-18/h4-7,12,16H,8-11H2,1-3H3,(H,20,22). The summed E-state index contributed by atoms with van der Waals surface area (Å²) in [5.41, 5.74) is 3.11. The Morgan fingerprint density at radius 1 is 1.08 bits per heavy atom. The van der Waals surface area contributed by atoms with Gasteiger partial charge in [-0.3, -0.25) is 4.79 Å². The molecule has 1 aliphatic heterocycles. The van der Waals surface area contributed by atoms with E-state index in [9.17, 15) is 13.2 Å². The van der Waals surface area contributed by atoms with Gasteiger partial charge in [0.2, 0.25) is 5.91 Å². The molecule has 1 fully saturated rings. The molecule has 140 valence electrons. The van der Waals surface area contributed by atoms with Crippen LogP contribution in [-0.2, 0) is 14.8 Å². The normalized spacial score (nSPS) is 16.6. The second kappa shape index (κ2) is 7.50. The van der Waals surface area contributed by atoms with Crippen LogP contribution < -0.4 is 5.32 Å². The number of benzene rings is 1. The van der Waals surface area contributed by atoms with Gasteiger partial charge in [-0.2, -0.15) is 4.31 Å². The molecule has 2 aromatic rings. The molecular weight excluding hydrogens is 368 g/mol. The lowest BCUT2D eigenvalue weighted by Gasteiger charge is -2.30. The van der Waals surface area contributed by atoms with Crippen molar-refractivity contribution >= 4 is 33.0 Å². The smallest absolute Gasteiger partial charge is 0.252 e. The number of aryl methyl sites for hydroxylation is 3. The van der Waals surface area contributed by atoms with Crippen LogP contribution in [0.3, 0.4) is 0 Å². The molecule has 0 unspecified atom stereocenters. The van der Waals surface area contributed by atoms with E-state index >= 15 is 0 Å². The Balaban J connectivity index is 1.61. The predicted molar refractivity (Wildman–Crippen MR) is 105 cm³/mol. The molecule has 7 heteroatoms. The molecule has 2 heterocycles. The molecule has 0 bridgehead atoms. The molecular formula is C19H24N2O3S2. The molecule has 5 nitrogen and oxygen atoms in total. The number of carbonyl (C=O) groups is 1. The zero-order valence-electron chi connectivity index (χ0n) is 15.3. The number of thiophene rings is 1. The van der Waals surface area contributed by atoms with E-state index in [1.807, 2.05) is 45.0 Å². The van der Waals surface area contributed by atoms with Crippen molar-refractivity contribution in [1.82, 2.24) is 4.31 Å². The molecule has 0 atom stereocenters. The first-order valence-corrected chi connectivity index (χ1v) is 11.0. The highest BCUT2D eigenvalue weighted by molar-refractivity contribution is 7.91. The largest absolute Gasteiger partial charge is 0.326 e. The molecule has 1 N–H and O–H groups in total. The van der Waals surface area contributed by atoms with Gasteiger partial charge in [-0.1, -0.05) is 6.07 Å². The Labute approximate surface area is 159 Å². The fourth-order valence-electron chi connectivity index (χ4n) is 3.10. The third kappa shape index (κ3) is 4.00. The van der Waals surface area contributed by atoms with Gasteiger partial charge in [-0.25, -0.2) is 8.42 Å². The highest BCUT2D eigenvalue weighted by Crippen LogP contribution is 2.28. The molecule has 26 heavy (non-hydrogen) atoms. The Kier molecular flexibility index (Phi) is 5.50. The molecule has 0 aliphatic carbocycles. The maximum Gasteiger partial charge on any atom is 0.252 e. The van der Waals surface area contributed by atoms with E-state index in [2.05, 4.69) is 5.32 Å². The first-order valence-electron chi connectivity index (χ1n) is 8.72. The van der Waals surface area contributed by atoms with Gasteiger partial charge in [0.05, 0.1) is 0 Å². The molecule has 3 rings (SSSR count). The lowest BCUT2D eigenvalue weighted by molar-refractivity contribution is -0.120. The average molecular weight is 393 g/mol. The number of rotatable bonds is 4. The topological polar surface area (TPSA) is 66.5 Å². The Bertz CT molecular complexity index is 911. The van der Waals surface area contributed by atoms with Crippen molar-refractivity contribution in [2.45, 2.75) is 37.8 Å². The molecule has 1 aromatic heterocycles. The summed E-state index contributed by atoms with van der Waals surface area (Å²) in [6, 6.07) is 9.34. The van der Waals surface area contributed by atoms with E-state index in [4.69, 9.17) is 0 Å². The summed E-state index contributed by atoms with van der Waals surface area (Å²) < 4.78 is 27.2. The second-order valence-corrected chi connectivity index (χ2v) is 10.3. The number of nitrogens with one attached hydrogen (secondary N) is 1. The minimum atomic E-state index is -3.44. The van der Waals surface area contributed by atoms with Gasteiger partial charge >= 0.3 is 0 Å². The van der Waals surface area contributed by atoms with Gasteiger partial charge in [0.15, 0.2) is 0 Å². The van der Waals surface area contributed by atoms with Crippen molar-refractivity contribution in [3.63, 3.8) is 0 Å². The van der Waals surface area contributed by atoms with Gasteiger partial charge in [-0.05, 0) is 69.0 Å². The van der Waals surface area contributed by atoms with Crippen LogP contribution in [-0.4, -0.2) is 31.7 Å². The number of nitrogens with zero attached hydrogens (tertiary/aromatic N) is 1. The van der Waals surface area contributed by atoms with Gasteiger partial charge in [-0.15, -0.1) is 11.3 Å². The third-order valence-corrected chi connectivity index (χ3v) is 8.28. The summed E-state index contributed by atoms with van der Waals surface area (Å²) in [7, 11) is -3.44. The van der Waals surface area contributed by atoms with E-state index < -0.39 is 10.0 Å². The van der Waals surface area contributed by atoms with Crippen LogP contribution in [0.5, 0.6) is 0 Å². The summed E-state index contributed by atoms with van der Waals surface area (Å²) in [5.74, 6) is -0.189. The first-order chi connectivity index (χ1) is 12.3. The van der Waals surface area contributed by atoms with Crippen LogP contribution in [0.15, 0.2) is 34.5 Å². The molecule has 1 amide bonds. The number of anilines is 1. The van der Waals surface area contributed by atoms with E-state index in [0.717, 1.165) is 16.1 Å². The summed E-state index contributed by atoms with van der Waals surface area (Å²) >= 11 is 1.29. The molecule has 1 aromatic carbocycles. The third-order valence-electron chi connectivity index (χ3n) is 4.91. The van der Waals surface area contributed by atoms with Crippen molar-refractivity contribution in [2.75, 3.05) is 18.4 Å². The van der Waals surface area contributed by atoms with E-state index in [-0.39, 0.29) is 11.8 Å². The van der Waals surface area contributed by atoms with Crippen LogP contribution >= 0.6 is 11.3 Å². The first kappa shape index (κ1) is 19.1. The molecule has 1 saturated heterocycles. The Hall–Kier alpha value is -1.70. The van der Waals surface area contributed by atoms with Gasteiger partial charge in [0, 0.05) is 29.6 Å². The van der Waals surface area contributed by atoms with Crippen LogP contribution in [0.4, 0.5) is 5.69 Å². The summed E-state index contributed by atoms with van der Waals surface area (Å²) in [6.45, 7) is 6.70. The van der Waals surface area contributed by atoms with Crippen molar-refractivity contribution in [2.24, 2.45) is 5.92 Å². The summed E-state index contributed by atoms with van der Waals surface area (Å²) in [4.78, 5) is 13.5. The highest BCUT2D eigenvalue weighted by Gasteiger charge is 2.32. The molecule has 1 aliphatic rings. The van der Waals surface area contributed by atoms with Crippen molar-refractivity contribution in [3.8, 4) is 0 Å². The summed E-state index contributed by atoms with van der Waals surface area (Å²) in [5, 5.41) is 2.96. The van der Waals surface area contributed by atoms with E-state index in [0.29, 0.717) is 30.1 Å². The minimum Gasteiger partial charge on any atom is -0.326 e. The average Bonchev–Trinajstić information content (AvgIpc) is 3.05. The lowest BCUT2D eigenvalue weighted by Crippen LogP contribution is -2.41. The Morgan fingerprint density at radius 2 is 1.77 bits per heavy atom. The van der Waals surface area contributed by atoms with Crippen molar-refractivity contribution in [3.05, 3.63) is 46.3 Å². The fourth-order valence-corrected chi connectivity index (χ4v) is 6.01. The van der Waals surface area contributed by atoms with Gasteiger partial charge in [0.1, 0.15) is 4.21 Å².